The molecule has 19 heavy (non-hydrogen) atoms. The molecule has 1 saturated heterocycles. The van der Waals surface area contributed by atoms with Gasteiger partial charge in [0.15, 0.2) is 0 Å². The average molecular weight is 291 g/mol. The Morgan fingerprint density at radius 2 is 2.00 bits per heavy atom. The first-order valence-electron chi connectivity index (χ1n) is 7.07. The molecule has 1 rings (SSSR count). The molecule has 1 fully saturated rings. The fourth-order valence-corrected chi connectivity index (χ4v) is 3.53. The van der Waals surface area contributed by atoms with Crippen LogP contribution in [0.3, 0.4) is 0 Å². The summed E-state index contributed by atoms with van der Waals surface area (Å²) in [5.41, 5.74) is 0. The Balaban J connectivity index is 2.56. The minimum Gasteiger partial charge on any atom is -0.315 e. The fourth-order valence-electron chi connectivity index (χ4n) is 2.83. The van der Waals surface area contributed by atoms with Crippen LogP contribution in [0.15, 0.2) is 0 Å². The standard InChI is InChI=1S/C13H29N3O2S/c1-14-12(7-5-10-19(4,17)18)13-11-15(2)8-6-9-16(13)3/h12-14H,5-11H2,1-4H3. The van der Waals surface area contributed by atoms with E-state index >= 15 is 0 Å². The van der Waals surface area contributed by atoms with Crippen LogP contribution >= 0.6 is 0 Å². The van der Waals surface area contributed by atoms with Crippen LogP contribution in [0.25, 0.3) is 0 Å². The Kier molecular flexibility index (Phi) is 6.73. The Morgan fingerprint density at radius 3 is 2.58 bits per heavy atom. The molecule has 0 aliphatic carbocycles. The number of nitrogens with zero attached hydrogens (tertiary/aromatic N) is 2. The van der Waals surface area contributed by atoms with Crippen molar-refractivity contribution < 1.29 is 8.42 Å². The summed E-state index contributed by atoms with van der Waals surface area (Å²) in [4.78, 5) is 4.78. The molecule has 2 unspecified atom stereocenters. The van der Waals surface area contributed by atoms with E-state index in [0.717, 1.165) is 32.5 Å². The van der Waals surface area contributed by atoms with Gasteiger partial charge in [-0.1, -0.05) is 0 Å². The Labute approximate surface area is 118 Å². The molecule has 0 amide bonds. The quantitative estimate of drug-likeness (QED) is 0.748. The highest BCUT2D eigenvalue weighted by atomic mass is 32.2. The maximum Gasteiger partial charge on any atom is 0.147 e. The molecule has 0 bridgehead atoms. The largest absolute Gasteiger partial charge is 0.315 e. The van der Waals surface area contributed by atoms with Crippen molar-refractivity contribution in [3.8, 4) is 0 Å². The smallest absolute Gasteiger partial charge is 0.147 e. The van der Waals surface area contributed by atoms with Gasteiger partial charge in [0.1, 0.15) is 9.84 Å². The molecule has 0 aromatic heterocycles. The van der Waals surface area contributed by atoms with Crippen LogP contribution in [0, 0.1) is 0 Å². The second kappa shape index (κ2) is 7.57. The van der Waals surface area contributed by atoms with E-state index in [9.17, 15) is 8.42 Å². The van der Waals surface area contributed by atoms with E-state index in [1.165, 1.54) is 12.7 Å². The van der Waals surface area contributed by atoms with E-state index in [2.05, 4.69) is 29.2 Å². The normalized spacial score (nSPS) is 25.2. The molecule has 0 saturated carbocycles. The molecule has 0 spiro atoms. The van der Waals surface area contributed by atoms with Gasteiger partial charge >= 0.3 is 0 Å². The molecule has 1 N–H and O–H groups in total. The highest BCUT2D eigenvalue weighted by Gasteiger charge is 2.27. The zero-order chi connectivity index (χ0) is 14.5. The highest BCUT2D eigenvalue weighted by Crippen LogP contribution is 2.14. The van der Waals surface area contributed by atoms with Crippen LogP contribution in [-0.4, -0.2) is 83.1 Å². The first-order valence-corrected chi connectivity index (χ1v) is 9.13. The summed E-state index contributed by atoms with van der Waals surface area (Å²) in [7, 11) is 3.47. The second-order valence-corrected chi connectivity index (χ2v) is 8.09. The van der Waals surface area contributed by atoms with Gasteiger partial charge in [0.2, 0.25) is 0 Å². The lowest BCUT2D eigenvalue weighted by molar-refractivity contribution is 0.176. The van der Waals surface area contributed by atoms with Gasteiger partial charge in [-0.05, 0) is 53.5 Å². The van der Waals surface area contributed by atoms with Crippen molar-refractivity contribution in [3.05, 3.63) is 0 Å². The number of hydrogen-bond donors (Lipinski definition) is 1. The Morgan fingerprint density at radius 1 is 1.32 bits per heavy atom. The lowest BCUT2D eigenvalue weighted by Gasteiger charge is -2.34. The molecule has 1 heterocycles. The van der Waals surface area contributed by atoms with E-state index in [-0.39, 0.29) is 5.75 Å². The number of hydrogen-bond acceptors (Lipinski definition) is 5. The monoisotopic (exact) mass is 291 g/mol. The predicted octanol–water partition coefficient (Wildman–Crippen LogP) is 0.0351. The second-order valence-electron chi connectivity index (χ2n) is 5.83. The van der Waals surface area contributed by atoms with E-state index in [1.807, 2.05) is 7.05 Å². The highest BCUT2D eigenvalue weighted by molar-refractivity contribution is 7.90. The van der Waals surface area contributed by atoms with Gasteiger partial charge < -0.3 is 15.1 Å². The molecule has 1 aliphatic rings. The minimum atomic E-state index is -2.84. The lowest BCUT2D eigenvalue weighted by Crippen LogP contribution is -2.51. The van der Waals surface area contributed by atoms with Gasteiger partial charge in [-0.2, -0.15) is 0 Å². The maximum atomic E-state index is 11.2. The zero-order valence-electron chi connectivity index (χ0n) is 12.7. The van der Waals surface area contributed by atoms with Crippen molar-refractivity contribution in [2.75, 3.05) is 52.8 Å². The van der Waals surface area contributed by atoms with Crippen LogP contribution in [0.4, 0.5) is 0 Å². The molecule has 1 aliphatic heterocycles. The van der Waals surface area contributed by atoms with E-state index < -0.39 is 9.84 Å². The van der Waals surface area contributed by atoms with Gasteiger partial charge in [0.25, 0.3) is 0 Å². The summed E-state index contributed by atoms with van der Waals surface area (Å²) in [6, 6.07) is 0.810. The summed E-state index contributed by atoms with van der Waals surface area (Å²) in [5.74, 6) is 0.289. The molecule has 2 atom stereocenters. The van der Waals surface area contributed by atoms with E-state index in [4.69, 9.17) is 0 Å². The Bertz CT molecular complexity index is 359. The van der Waals surface area contributed by atoms with Crippen LogP contribution in [0.1, 0.15) is 19.3 Å². The third-order valence-electron chi connectivity index (χ3n) is 3.98. The molecular weight excluding hydrogens is 262 g/mol. The van der Waals surface area contributed by atoms with Crippen molar-refractivity contribution in [3.63, 3.8) is 0 Å². The molecule has 0 aromatic carbocycles. The van der Waals surface area contributed by atoms with Gasteiger partial charge in [-0.3, -0.25) is 0 Å². The molecular formula is C13H29N3O2S. The molecule has 6 heteroatoms. The van der Waals surface area contributed by atoms with E-state index in [1.54, 1.807) is 0 Å². The predicted molar refractivity (Wildman–Crippen MR) is 80.3 cm³/mol. The average Bonchev–Trinajstić information content (AvgIpc) is 2.46. The summed E-state index contributed by atoms with van der Waals surface area (Å²) < 4.78 is 22.4. The van der Waals surface area contributed by atoms with Gasteiger partial charge in [0.05, 0.1) is 0 Å². The van der Waals surface area contributed by atoms with Gasteiger partial charge in [-0.25, -0.2) is 8.42 Å². The van der Waals surface area contributed by atoms with Crippen LogP contribution in [0.5, 0.6) is 0 Å². The summed E-state index contributed by atoms with van der Waals surface area (Å²) in [6.45, 7) is 3.29. The SMILES string of the molecule is CNC(CCCS(C)(=O)=O)C1CN(C)CCCN1C. The summed E-state index contributed by atoms with van der Waals surface area (Å²) in [5, 5.41) is 3.37. The zero-order valence-corrected chi connectivity index (χ0v) is 13.5. The topological polar surface area (TPSA) is 52.7 Å². The van der Waals surface area contributed by atoms with E-state index in [0.29, 0.717) is 12.1 Å². The van der Waals surface area contributed by atoms with Crippen molar-refractivity contribution in [1.82, 2.24) is 15.1 Å². The Hall–Kier alpha value is -0.170. The first kappa shape index (κ1) is 16.9. The van der Waals surface area contributed by atoms with Gasteiger partial charge in [0, 0.05) is 30.6 Å². The third-order valence-corrected chi connectivity index (χ3v) is 5.01. The van der Waals surface area contributed by atoms with Crippen molar-refractivity contribution >= 4 is 9.84 Å². The first-order chi connectivity index (χ1) is 8.83. The number of sulfone groups is 1. The van der Waals surface area contributed by atoms with Gasteiger partial charge in [-0.15, -0.1) is 0 Å². The number of rotatable bonds is 6. The number of nitrogens with one attached hydrogen (secondary N) is 1. The molecule has 0 radical (unpaired) electrons. The van der Waals surface area contributed by atoms with Crippen molar-refractivity contribution in [1.29, 1.82) is 0 Å². The van der Waals surface area contributed by atoms with Crippen LogP contribution in [-0.2, 0) is 9.84 Å². The van der Waals surface area contributed by atoms with Crippen LogP contribution in [0.2, 0.25) is 0 Å². The molecule has 5 nitrogen and oxygen atoms in total. The number of likely N-dealkylation sites (N-methyl/N-ethyl adjacent to an activating group) is 3. The molecule has 0 aromatic rings. The minimum absolute atomic E-state index is 0.289. The lowest BCUT2D eigenvalue weighted by atomic mass is 10.0. The van der Waals surface area contributed by atoms with Crippen molar-refractivity contribution in [2.45, 2.75) is 31.3 Å². The maximum absolute atomic E-state index is 11.2. The molecule has 114 valence electrons. The third kappa shape index (κ3) is 6.21. The summed E-state index contributed by atoms with van der Waals surface area (Å²) >= 11 is 0. The van der Waals surface area contributed by atoms with Crippen molar-refractivity contribution in [2.24, 2.45) is 0 Å². The van der Waals surface area contributed by atoms with Crippen LogP contribution < -0.4 is 5.32 Å². The summed E-state index contributed by atoms with van der Waals surface area (Å²) in [6.07, 6.45) is 4.15. The fraction of sp³-hybridized carbons (Fsp3) is 1.00.